The van der Waals surface area contributed by atoms with E-state index in [1.54, 1.807) is 0 Å². The Labute approximate surface area is 111 Å². The zero-order valence-corrected chi connectivity index (χ0v) is 12.2. The maximum absolute atomic E-state index is 10.4. The summed E-state index contributed by atoms with van der Waals surface area (Å²) >= 11 is 0. The van der Waals surface area contributed by atoms with E-state index in [4.69, 9.17) is 15.2 Å². The summed E-state index contributed by atoms with van der Waals surface area (Å²) in [7, 11) is 3.88. The number of ether oxygens (including phenoxy) is 2. The lowest BCUT2D eigenvalue weighted by Gasteiger charge is -2.16. The number of primary amides is 1. The van der Waals surface area contributed by atoms with Gasteiger partial charge in [0.25, 0.3) is 0 Å². The third-order valence-corrected chi connectivity index (χ3v) is 1.98. The predicted molar refractivity (Wildman–Crippen MR) is 73.6 cm³/mol. The Balaban J connectivity index is 0. The Kier molecular flexibility index (Phi) is 17.8. The van der Waals surface area contributed by atoms with Crippen molar-refractivity contribution in [3.8, 4) is 0 Å². The minimum absolute atomic E-state index is 0.00743. The van der Waals surface area contributed by atoms with Gasteiger partial charge in [0.05, 0.1) is 19.8 Å². The molecule has 0 spiro atoms. The van der Waals surface area contributed by atoms with Crippen molar-refractivity contribution in [1.82, 2.24) is 10.2 Å². The van der Waals surface area contributed by atoms with Crippen molar-refractivity contribution >= 4 is 5.91 Å². The largest absolute Gasteiger partial charge is 0.379 e. The molecule has 0 aromatic rings. The molecule has 0 aromatic heterocycles. The normalized spacial score (nSPS) is 10.1. The van der Waals surface area contributed by atoms with Gasteiger partial charge in [-0.25, -0.2) is 0 Å². The predicted octanol–water partition coefficient (Wildman–Crippen LogP) is -0.318. The molecule has 0 aromatic carbocycles. The first kappa shape index (κ1) is 19.6. The number of hydrogen-bond acceptors (Lipinski definition) is 5. The van der Waals surface area contributed by atoms with Crippen molar-refractivity contribution < 1.29 is 14.3 Å². The van der Waals surface area contributed by atoms with Gasteiger partial charge in [0, 0.05) is 19.6 Å². The van der Waals surface area contributed by atoms with Crippen LogP contribution >= 0.6 is 0 Å². The van der Waals surface area contributed by atoms with Crippen LogP contribution in [-0.2, 0) is 14.3 Å². The fourth-order valence-corrected chi connectivity index (χ4v) is 1.00. The summed E-state index contributed by atoms with van der Waals surface area (Å²) in [6, 6.07) is 0. The number of hydrogen-bond donors (Lipinski definition) is 2. The van der Waals surface area contributed by atoms with Crippen molar-refractivity contribution in [1.29, 1.82) is 0 Å². The highest BCUT2D eigenvalue weighted by Gasteiger charge is 1.99. The van der Waals surface area contributed by atoms with E-state index in [-0.39, 0.29) is 6.61 Å². The molecule has 0 heterocycles. The Hall–Kier alpha value is -0.690. The average Bonchev–Trinajstić information content (AvgIpc) is 2.36. The van der Waals surface area contributed by atoms with Crippen molar-refractivity contribution in [3.63, 3.8) is 0 Å². The first-order chi connectivity index (χ1) is 8.66. The first-order valence-corrected chi connectivity index (χ1v) is 6.43. The van der Waals surface area contributed by atoms with Gasteiger partial charge in [-0.05, 0) is 14.1 Å². The third-order valence-electron chi connectivity index (χ3n) is 1.98. The fraction of sp³-hybridized carbons (Fsp3) is 0.917. The fourth-order valence-electron chi connectivity index (χ4n) is 1.00. The van der Waals surface area contributed by atoms with E-state index < -0.39 is 5.91 Å². The highest BCUT2D eigenvalue weighted by atomic mass is 16.5. The number of nitrogens with one attached hydrogen (secondary N) is 1. The molecule has 1 amide bonds. The summed E-state index contributed by atoms with van der Waals surface area (Å²) in [5.41, 5.74) is 4.93. The topological polar surface area (TPSA) is 76.8 Å². The molecule has 6 heteroatoms. The van der Waals surface area contributed by atoms with Gasteiger partial charge < -0.3 is 25.4 Å². The maximum Gasteiger partial charge on any atom is 0.243 e. The Morgan fingerprint density at radius 2 is 1.72 bits per heavy atom. The van der Waals surface area contributed by atoms with E-state index in [1.807, 2.05) is 27.9 Å². The van der Waals surface area contributed by atoms with Crippen LogP contribution in [-0.4, -0.2) is 71.0 Å². The molecular weight excluding hydrogens is 234 g/mol. The molecule has 0 rings (SSSR count). The van der Waals surface area contributed by atoms with E-state index in [9.17, 15) is 4.79 Å². The second kappa shape index (κ2) is 16.3. The standard InChI is InChI=1S/C10H23N3O3.C2H6/c1-12-3-6-15-7-4-13(2)5-8-16-9-10(11)14;1-2/h12H,3-9H2,1-2H3,(H2,11,14);1-2H3. The van der Waals surface area contributed by atoms with Gasteiger partial charge in [-0.1, -0.05) is 13.8 Å². The number of rotatable bonds is 11. The van der Waals surface area contributed by atoms with Gasteiger partial charge in [-0.15, -0.1) is 0 Å². The van der Waals surface area contributed by atoms with Crippen molar-refractivity contribution in [3.05, 3.63) is 0 Å². The van der Waals surface area contributed by atoms with Gasteiger partial charge in [-0.3, -0.25) is 4.79 Å². The van der Waals surface area contributed by atoms with Crippen molar-refractivity contribution in [2.24, 2.45) is 5.73 Å². The summed E-state index contributed by atoms with van der Waals surface area (Å²) in [5, 5.41) is 3.01. The maximum atomic E-state index is 10.4. The Morgan fingerprint density at radius 3 is 2.22 bits per heavy atom. The zero-order chi connectivity index (χ0) is 14.2. The summed E-state index contributed by atoms with van der Waals surface area (Å²) in [5.74, 6) is -0.432. The second-order valence-electron chi connectivity index (χ2n) is 3.54. The number of likely N-dealkylation sites (N-methyl/N-ethyl adjacent to an activating group) is 2. The molecule has 110 valence electrons. The van der Waals surface area contributed by atoms with E-state index in [0.29, 0.717) is 13.2 Å². The molecule has 3 N–H and O–H groups in total. The lowest BCUT2D eigenvalue weighted by atomic mass is 10.5. The van der Waals surface area contributed by atoms with Gasteiger partial charge >= 0.3 is 0 Å². The molecule has 0 saturated carbocycles. The van der Waals surface area contributed by atoms with Crippen LogP contribution in [0.4, 0.5) is 0 Å². The number of nitrogens with zero attached hydrogens (tertiary/aromatic N) is 1. The van der Waals surface area contributed by atoms with Gasteiger partial charge in [-0.2, -0.15) is 0 Å². The van der Waals surface area contributed by atoms with Crippen LogP contribution in [0.2, 0.25) is 0 Å². The van der Waals surface area contributed by atoms with Crippen LogP contribution in [0.3, 0.4) is 0 Å². The number of amides is 1. The molecule has 0 unspecified atom stereocenters. The quantitative estimate of drug-likeness (QED) is 0.500. The minimum atomic E-state index is -0.432. The molecule has 0 radical (unpaired) electrons. The van der Waals surface area contributed by atoms with E-state index in [0.717, 1.165) is 26.2 Å². The van der Waals surface area contributed by atoms with Crippen LogP contribution in [0.5, 0.6) is 0 Å². The van der Waals surface area contributed by atoms with Crippen LogP contribution < -0.4 is 11.1 Å². The number of carbonyl (C=O) groups excluding carboxylic acids is 1. The molecule has 0 fully saturated rings. The average molecular weight is 263 g/mol. The van der Waals surface area contributed by atoms with Gasteiger partial charge in [0.2, 0.25) is 5.91 Å². The Bertz CT molecular complexity index is 180. The molecule has 0 aliphatic carbocycles. The molecule has 0 aliphatic rings. The van der Waals surface area contributed by atoms with E-state index >= 15 is 0 Å². The molecule has 6 nitrogen and oxygen atoms in total. The van der Waals surface area contributed by atoms with Crippen LogP contribution in [0.25, 0.3) is 0 Å². The number of carbonyl (C=O) groups is 1. The molecule has 18 heavy (non-hydrogen) atoms. The Morgan fingerprint density at radius 1 is 1.17 bits per heavy atom. The summed E-state index contributed by atoms with van der Waals surface area (Å²) in [4.78, 5) is 12.5. The summed E-state index contributed by atoms with van der Waals surface area (Å²) in [6.07, 6.45) is 0. The second-order valence-corrected chi connectivity index (χ2v) is 3.54. The lowest BCUT2D eigenvalue weighted by Crippen LogP contribution is -2.29. The lowest BCUT2D eigenvalue weighted by molar-refractivity contribution is -0.122. The summed E-state index contributed by atoms with van der Waals surface area (Å²) < 4.78 is 10.4. The van der Waals surface area contributed by atoms with Crippen LogP contribution in [0, 0.1) is 0 Å². The van der Waals surface area contributed by atoms with Crippen LogP contribution in [0.1, 0.15) is 13.8 Å². The SMILES string of the molecule is CC.CNCCOCCN(C)CCOCC(N)=O. The molecule has 0 aliphatic heterocycles. The molecule has 0 saturated heterocycles. The van der Waals surface area contributed by atoms with Crippen molar-refractivity contribution in [2.75, 3.05) is 60.2 Å². The minimum Gasteiger partial charge on any atom is -0.379 e. The van der Waals surface area contributed by atoms with Crippen molar-refractivity contribution in [2.45, 2.75) is 13.8 Å². The molecule has 0 atom stereocenters. The van der Waals surface area contributed by atoms with Crippen LogP contribution in [0.15, 0.2) is 0 Å². The number of nitrogens with two attached hydrogens (primary N) is 1. The highest BCUT2D eigenvalue weighted by molar-refractivity contribution is 5.74. The van der Waals surface area contributed by atoms with Gasteiger partial charge in [0.15, 0.2) is 0 Å². The molecular formula is C12H29N3O3. The monoisotopic (exact) mass is 263 g/mol. The zero-order valence-electron chi connectivity index (χ0n) is 12.2. The smallest absolute Gasteiger partial charge is 0.243 e. The first-order valence-electron chi connectivity index (χ1n) is 6.43. The molecule has 0 bridgehead atoms. The van der Waals surface area contributed by atoms with Gasteiger partial charge in [0.1, 0.15) is 6.61 Å². The summed E-state index contributed by atoms with van der Waals surface area (Å²) in [6.45, 7) is 8.41. The van der Waals surface area contributed by atoms with E-state index in [2.05, 4.69) is 10.2 Å². The van der Waals surface area contributed by atoms with E-state index in [1.165, 1.54) is 0 Å². The third kappa shape index (κ3) is 17.7. The highest BCUT2D eigenvalue weighted by Crippen LogP contribution is 1.84.